The van der Waals surface area contributed by atoms with Crippen LogP contribution in [0.25, 0.3) is 5.69 Å². The van der Waals surface area contributed by atoms with E-state index < -0.39 is 10.5 Å². The van der Waals surface area contributed by atoms with E-state index >= 15 is 0 Å². The van der Waals surface area contributed by atoms with Crippen molar-refractivity contribution in [3.63, 3.8) is 0 Å². The summed E-state index contributed by atoms with van der Waals surface area (Å²) in [7, 11) is 0. The largest absolute Gasteiger partial charge is 0.388 e. The van der Waals surface area contributed by atoms with Crippen LogP contribution in [-0.4, -0.2) is 37.9 Å². The standard InChI is InChI=1S/C16H20N4O4/c1-11(2)16(3,22)10-17-15(21)12-8-18-19(9-12)13-4-6-14(7-5-13)20(23)24/h4-9,11,22H,10H2,1-3H3,(H,17,21). The molecule has 0 bridgehead atoms. The Balaban J connectivity index is 2.07. The lowest BCUT2D eigenvalue weighted by molar-refractivity contribution is -0.384. The quantitative estimate of drug-likeness (QED) is 0.620. The van der Waals surface area contributed by atoms with E-state index in [0.717, 1.165) is 0 Å². The molecule has 1 atom stereocenters. The number of non-ortho nitro benzene ring substituents is 1. The molecular weight excluding hydrogens is 312 g/mol. The van der Waals surface area contributed by atoms with Gasteiger partial charge in [-0.05, 0) is 25.0 Å². The number of aliphatic hydroxyl groups is 1. The number of hydrogen-bond acceptors (Lipinski definition) is 5. The lowest BCUT2D eigenvalue weighted by atomic mass is 9.92. The Bertz CT molecular complexity index is 735. The first-order chi connectivity index (χ1) is 11.2. The molecule has 2 aromatic rings. The first kappa shape index (κ1) is 17.6. The number of rotatable bonds is 6. The molecule has 1 aromatic carbocycles. The highest BCUT2D eigenvalue weighted by atomic mass is 16.6. The molecule has 2 rings (SSSR count). The summed E-state index contributed by atoms with van der Waals surface area (Å²) in [6.07, 6.45) is 2.93. The Morgan fingerprint density at radius 2 is 2.04 bits per heavy atom. The SMILES string of the molecule is CC(C)C(C)(O)CNC(=O)c1cnn(-c2ccc([N+](=O)[O-])cc2)c1. The number of carbonyl (C=O) groups is 1. The molecule has 0 spiro atoms. The monoisotopic (exact) mass is 332 g/mol. The Kier molecular flexibility index (Phi) is 4.99. The van der Waals surface area contributed by atoms with Crippen molar-refractivity contribution in [2.75, 3.05) is 6.54 Å². The zero-order valence-corrected chi connectivity index (χ0v) is 13.8. The summed E-state index contributed by atoms with van der Waals surface area (Å²) in [5.41, 5.74) is -0.0640. The molecule has 2 N–H and O–H groups in total. The van der Waals surface area contributed by atoms with Gasteiger partial charge in [-0.3, -0.25) is 14.9 Å². The average Bonchev–Trinajstić information content (AvgIpc) is 3.02. The molecule has 1 amide bonds. The molecule has 0 saturated carbocycles. The molecule has 24 heavy (non-hydrogen) atoms. The van der Waals surface area contributed by atoms with Crippen LogP contribution in [0.4, 0.5) is 5.69 Å². The molecule has 1 unspecified atom stereocenters. The number of amides is 1. The number of hydrogen-bond donors (Lipinski definition) is 2. The summed E-state index contributed by atoms with van der Waals surface area (Å²) < 4.78 is 1.46. The van der Waals surface area contributed by atoms with Crippen molar-refractivity contribution in [1.82, 2.24) is 15.1 Å². The molecule has 0 fully saturated rings. The second-order valence-corrected chi connectivity index (χ2v) is 6.14. The van der Waals surface area contributed by atoms with E-state index in [1.165, 1.54) is 29.2 Å². The van der Waals surface area contributed by atoms with Crippen molar-refractivity contribution in [2.24, 2.45) is 5.92 Å². The van der Waals surface area contributed by atoms with Gasteiger partial charge in [-0.1, -0.05) is 13.8 Å². The second kappa shape index (κ2) is 6.79. The Morgan fingerprint density at radius 3 is 2.58 bits per heavy atom. The van der Waals surface area contributed by atoms with Gasteiger partial charge in [0.25, 0.3) is 11.6 Å². The highest BCUT2D eigenvalue weighted by Gasteiger charge is 2.25. The zero-order chi connectivity index (χ0) is 17.9. The van der Waals surface area contributed by atoms with E-state index in [2.05, 4.69) is 10.4 Å². The molecule has 1 aromatic heterocycles. The number of carbonyl (C=O) groups excluding carboxylic acids is 1. The Morgan fingerprint density at radius 1 is 1.42 bits per heavy atom. The molecule has 128 valence electrons. The normalized spacial score (nSPS) is 13.5. The summed E-state index contributed by atoms with van der Waals surface area (Å²) in [4.78, 5) is 22.3. The van der Waals surface area contributed by atoms with Gasteiger partial charge in [-0.15, -0.1) is 0 Å². The van der Waals surface area contributed by atoms with Gasteiger partial charge >= 0.3 is 0 Å². The van der Waals surface area contributed by atoms with E-state index in [4.69, 9.17) is 0 Å². The van der Waals surface area contributed by atoms with Crippen LogP contribution in [0.2, 0.25) is 0 Å². The molecule has 8 nitrogen and oxygen atoms in total. The highest BCUT2D eigenvalue weighted by Crippen LogP contribution is 2.16. The molecule has 1 heterocycles. The van der Waals surface area contributed by atoms with Crippen LogP contribution < -0.4 is 5.32 Å². The maximum Gasteiger partial charge on any atom is 0.269 e. The van der Waals surface area contributed by atoms with Gasteiger partial charge in [0.1, 0.15) is 0 Å². The predicted octanol–water partition coefficient (Wildman–Crippen LogP) is 1.92. The van der Waals surface area contributed by atoms with E-state index in [-0.39, 0.29) is 24.1 Å². The second-order valence-electron chi connectivity index (χ2n) is 6.14. The topological polar surface area (TPSA) is 110 Å². The molecule has 0 radical (unpaired) electrons. The van der Waals surface area contributed by atoms with Crippen molar-refractivity contribution < 1.29 is 14.8 Å². The number of nitrogens with zero attached hydrogens (tertiary/aromatic N) is 3. The summed E-state index contributed by atoms with van der Waals surface area (Å²) >= 11 is 0. The molecule has 0 aliphatic heterocycles. The molecule has 8 heteroatoms. The van der Waals surface area contributed by atoms with Crippen LogP contribution in [0, 0.1) is 16.0 Å². The minimum atomic E-state index is -0.996. The number of nitro groups is 1. The van der Waals surface area contributed by atoms with Crippen molar-refractivity contribution in [3.8, 4) is 5.69 Å². The van der Waals surface area contributed by atoms with Gasteiger partial charge in [-0.25, -0.2) is 4.68 Å². The van der Waals surface area contributed by atoms with Crippen LogP contribution >= 0.6 is 0 Å². The number of nitro benzene ring substituents is 1. The summed E-state index contributed by atoms with van der Waals surface area (Å²) in [6, 6.07) is 5.85. The zero-order valence-electron chi connectivity index (χ0n) is 13.8. The smallest absolute Gasteiger partial charge is 0.269 e. The van der Waals surface area contributed by atoms with Gasteiger partial charge in [0, 0.05) is 24.9 Å². The molecule has 0 aliphatic rings. The lowest BCUT2D eigenvalue weighted by Gasteiger charge is -2.27. The fourth-order valence-corrected chi connectivity index (χ4v) is 1.87. The van der Waals surface area contributed by atoms with Crippen LogP contribution in [0.15, 0.2) is 36.7 Å². The number of nitrogens with one attached hydrogen (secondary N) is 1. The van der Waals surface area contributed by atoms with E-state index in [0.29, 0.717) is 11.3 Å². The fraction of sp³-hybridized carbons (Fsp3) is 0.375. The minimum absolute atomic E-state index is 0.000586. The van der Waals surface area contributed by atoms with E-state index in [1.54, 1.807) is 19.1 Å². The summed E-state index contributed by atoms with van der Waals surface area (Å²) in [6.45, 7) is 5.54. The van der Waals surface area contributed by atoms with Gasteiger partial charge < -0.3 is 10.4 Å². The van der Waals surface area contributed by atoms with Crippen molar-refractivity contribution >= 4 is 11.6 Å². The predicted molar refractivity (Wildman–Crippen MR) is 88.0 cm³/mol. The molecule has 0 aliphatic carbocycles. The van der Waals surface area contributed by atoms with Crippen molar-refractivity contribution in [1.29, 1.82) is 0 Å². The Hall–Kier alpha value is -2.74. The van der Waals surface area contributed by atoms with Crippen LogP contribution in [0.3, 0.4) is 0 Å². The van der Waals surface area contributed by atoms with Crippen molar-refractivity contribution in [2.45, 2.75) is 26.4 Å². The summed E-state index contributed by atoms with van der Waals surface area (Å²) in [5, 5.41) is 27.6. The van der Waals surface area contributed by atoms with E-state index in [1.807, 2.05) is 13.8 Å². The van der Waals surface area contributed by atoms with Crippen LogP contribution in [0.5, 0.6) is 0 Å². The van der Waals surface area contributed by atoms with Crippen LogP contribution in [-0.2, 0) is 0 Å². The van der Waals surface area contributed by atoms with E-state index in [9.17, 15) is 20.0 Å². The van der Waals surface area contributed by atoms with Gasteiger partial charge in [0.05, 0.1) is 28.0 Å². The average molecular weight is 332 g/mol. The lowest BCUT2D eigenvalue weighted by Crippen LogP contribution is -2.44. The molecular formula is C16H20N4O4. The third-order valence-electron chi connectivity index (χ3n) is 4.02. The Labute approximate surface area is 139 Å². The third-order valence-corrected chi connectivity index (χ3v) is 4.02. The highest BCUT2D eigenvalue weighted by molar-refractivity contribution is 5.93. The number of aromatic nitrogens is 2. The third kappa shape index (κ3) is 3.96. The first-order valence-corrected chi connectivity index (χ1v) is 7.51. The van der Waals surface area contributed by atoms with Gasteiger partial charge in [0.2, 0.25) is 0 Å². The fourth-order valence-electron chi connectivity index (χ4n) is 1.87. The van der Waals surface area contributed by atoms with Gasteiger partial charge in [0.15, 0.2) is 0 Å². The first-order valence-electron chi connectivity index (χ1n) is 7.51. The summed E-state index contributed by atoms with van der Waals surface area (Å²) in [5.74, 6) is -0.343. The van der Waals surface area contributed by atoms with Crippen molar-refractivity contribution in [3.05, 3.63) is 52.3 Å². The number of benzene rings is 1. The van der Waals surface area contributed by atoms with Crippen LogP contribution in [0.1, 0.15) is 31.1 Å². The van der Waals surface area contributed by atoms with Gasteiger partial charge in [-0.2, -0.15) is 5.10 Å². The minimum Gasteiger partial charge on any atom is -0.388 e. The molecule has 0 saturated heterocycles. The maximum absolute atomic E-state index is 12.1. The maximum atomic E-state index is 12.1.